The summed E-state index contributed by atoms with van der Waals surface area (Å²) in [4.78, 5) is 12.1. The molecule has 1 aromatic carbocycles. The Bertz CT molecular complexity index is 553. The van der Waals surface area contributed by atoms with Crippen LogP contribution in [0.25, 0.3) is 0 Å². The number of nitrogens with one attached hydrogen (secondary N) is 1. The Balaban J connectivity index is 2.66. The number of unbranched alkanes of at least 4 members (excludes halogenated alkanes) is 1. The maximum absolute atomic E-state index is 12.1. The van der Waals surface area contributed by atoms with Crippen LogP contribution in [-0.4, -0.2) is 33.2 Å². The zero-order valence-electron chi connectivity index (χ0n) is 12.6. The van der Waals surface area contributed by atoms with Gasteiger partial charge in [0.2, 0.25) is 0 Å². The summed E-state index contributed by atoms with van der Waals surface area (Å²) in [5, 5.41) is 2.90. The molecule has 0 spiro atoms. The minimum absolute atomic E-state index is 0.0170. The van der Waals surface area contributed by atoms with Crippen molar-refractivity contribution < 1.29 is 13.2 Å². The molecule has 5 nitrogen and oxygen atoms in total. The van der Waals surface area contributed by atoms with E-state index in [0.29, 0.717) is 17.7 Å². The van der Waals surface area contributed by atoms with Crippen molar-refractivity contribution in [3.05, 3.63) is 35.4 Å². The van der Waals surface area contributed by atoms with Gasteiger partial charge in [0, 0.05) is 24.4 Å². The lowest BCUT2D eigenvalue weighted by molar-refractivity contribution is 0.0936. The number of hydrogen-bond donors (Lipinski definition) is 2. The molecule has 0 bridgehead atoms. The third-order valence-electron chi connectivity index (χ3n) is 3.17. The first-order valence-electron chi connectivity index (χ1n) is 7.13. The average molecular weight is 312 g/mol. The summed E-state index contributed by atoms with van der Waals surface area (Å²) in [5.41, 5.74) is 6.84. The summed E-state index contributed by atoms with van der Waals surface area (Å²) < 4.78 is 22.4. The normalized spacial score (nSPS) is 12.9. The molecule has 1 rings (SSSR count). The van der Waals surface area contributed by atoms with Gasteiger partial charge in [-0.05, 0) is 24.1 Å². The van der Waals surface area contributed by atoms with Crippen molar-refractivity contribution in [2.45, 2.75) is 38.0 Å². The van der Waals surface area contributed by atoms with Gasteiger partial charge in [0.15, 0.2) is 9.84 Å². The fourth-order valence-corrected chi connectivity index (χ4v) is 2.82. The van der Waals surface area contributed by atoms with Crippen LogP contribution in [0.3, 0.4) is 0 Å². The highest BCUT2D eigenvalue weighted by Gasteiger charge is 2.12. The van der Waals surface area contributed by atoms with Crippen LogP contribution in [0.5, 0.6) is 0 Å². The lowest BCUT2D eigenvalue weighted by atomic mass is 10.1. The second kappa shape index (κ2) is 8.14. The molecule has 0 saturated carbocycles. The van der Waals surface area contributed by atoms with E-state index >= 15 is 0 Å². The number of rotatable bonds is 8. The van der Waals surface area contributed by atoms with Gasteiger partial charge in [0.05, 0.1) is 5.75 Å². The topological polar surface area (TPSA) is 89.3 Å². The molecule has 0 aliphatic carbocycles. The molecule has 1 amide bonds. The van der Waals surface area contributed by atoms with Gasteiger partial charge in [0.25, 0.3) is 5.91 Å². The van der Waals surface area contributed by atoms with Gasteiger partial charge in [-0.3, -0.25) is 4.79 Å². The van der Waals surface area contributed by atoms with Crippen LogP contribution in [0.4, 0.5) is 0 Å². The van der Waals surface area contributed by atoms with E-state index in [1.54, 1.807) is 24.3 Å². The second-order valence-corrected chi connectivity index (χ2v) is 7.46. The maximum Gasteiger partial charge on any atom is 0.251 e. The van der Waals surface area contributed by atoms with Gasteiger partial charge in [0.1, 0.15) is 0 Å². The molecule has 6 heteroatoms. The summed E-state index contributed by atoms with van der Waals surface area (Å²) >= 11 is 0. The third-order valence-corrected chi connectivity index (χ3v) is 4.03. The first-order valence-corrected chi connectivity index (χ1v) is 9.19. The lowest BCUT2D eigenvalue weighted by Gasteiger charge is -2.16. The molecule has 3 N–H and O–H groups in total. The summed E-state index contributed by atoms with van der Waals surface area (Å²) in [6.45, 7) is 2.51. The van der Waals surface area contributed by atoms with E-state index < -0.39 is 9.84 Å². The van der Waals surface area contributed by atoms with Crippen molar-refractivity contribution in [1.29, 1.82) is 0 Å². The van der Waals surface area contributed by atoms with E-state index in [1.165, 1.54) is 6.26 Å². The fourth-order valence-electron chi connectivity index (χ4n) is 2.02. The Morgan fingerprint density at radius 1 is 1.29 bits per heavy atom. The number of carbonyl (C=O) groups excluding carboxylic acids is 1. The van der Waals surface area contributed by atoms with E-state index in [4.69, 9.17) is 5.73 Å². The van der Waals surface area contributed by atoms with Crippen molar-refractivity contribution in [3.8, 4) is 0 Å². The van der Waals surface area contributed by atoms with Crippen LogP contribution in [-0.2, 0) is 15.6 Å². The molecular formula is C15H24N2O3S. The van der Waals surface area contributed by atoms with Crippen molar-refractivity contribution in [1.82, 2.24) is 5.32 Å². The molecule has 0 saturated heterocycles. The summed E-state index contributed by atoms with van der Waals surface area (Å²) in [6, 6.07) is 6.60. The predicted molar refractivity (Wildman–Crippen MR) is 84.8 cm³/mol. The van der Waals surface area contributed by atoms with Gasteiger partial charge >= 0.3 is 0 Å². The molecular weight excluding hydrogens is 288 g/mol. The molecule has 118 valence electrons. The van der Waals surface area contributed by atoms with E-state index in [2.05, 4.69) is 12.2 Å². The largest absolute Gasteiger partial charge is 0.348 e. The molecule has 0 aliphatic heterocycles. The van der Waals surface area contributed by atoms with Crippen LogP contribution < -0.4 is 11.1 Å². The third kappa shape index (κ3) is 6.73. The zero-order chi connectivity index (χ0) is 15.9. The number of carbonyl (C=O) groups is 1. The molecule has 0 aliphatic rings. The molecule has 1 aromatic rings. The average Bonchev–Trinajstić information content (AvgIpc) is 2.42. The Morgan fingerprint density at radius 2 is 1.90 bits per heavy atom. The molecule has 0 radical (unpaired) electrons. The summed E-state index contributed by atoms with van der Waals surface area (Å²) in [7, 11) is -3.06. The highest BCUT2D eigenvalue weighted by atomic mass is 32.2. The highest BCUT2D eigenvalue weighted by Crippen LogP contribution is 2.09. The number of hydrogen-bond acceptors (Lipinski definition) is 4. The van der Waals surface area contributed by atoms with E-state index in [9.17, 15) is 13.2 Å². The number of amides is 1. The maximum atomic E-state index is 12.1. The molecule has 0 aromatic heterocycles. The first-order chi connectivity index (χ1) is 9.85. The quantitative estimate of drug-likeness (QED) is 0.761. The highest BCUT2D eigenvalue weighted by molar-refractivity contribution is 7.89. The summed E-state index contributed by atoms with van der Waals surface area (Å²) in [5.74, 6) is -0.191. The Kier molecular flexibility index (Phi) is 6.84. The molecule has 0 fully saturated rings. The van der Waals surface area contributed by atoms with Gasteiger partial charge < -0.3 is 11.1 Å². The van der Waals surface area contributed by atoms with Crippen molar-refractivity contribution in [3.63, 3.8) is 0 Å². The molecule has 0 heterocycles. The van der Waals surface area contributed by atoms with Gasteiger partial charge in [-0.1, -0.05) is 31.9 Å². The Labute approximate surface area is 126 Å². The minimum Gasteiger partial charge on any atom is -0.348 e. The van der Waals surface area contributed by atoms with Gasteiger partial charge in [-0.15, -0.1) is 0 Å². The molecule has 1 unspecified atom stereocenters. The van der Waals surface area contributed by atoms with Crippen LogP contribution in [0.15, 0.2) is 24.3 Å². The van der Waals surface area contributed by atoms with Crippen LogP contribution in [0.1, 0.15) is 42.1 Å². The Morgan fingerprint density at radius 3 is 2.38 bits per heavy atom. The van der Waals surface area contributed by atoms with Crippen LogP contribution in [0.2, 0.25) is 0 Å². The number of nitrogens with two attached hydrogens (primary N) is 1. The SMILES string of the molecule is CCCCC(CN)NC(=O)c1ccc(CS(C)(=O)=O)cc1. The molecule has 1 atom stereocenters. The lowest BCUT2D eigenvalue weighted by Crippen LogP contribution is -2.40. The van der Waals surface area contributed by atoms with E-state index in [-0.39, 0.29) is 17.7 Å². The Hall–Kier alpha value is -1.40. The smallest absolute Gasteiger partial charge is 0.251 e. The van der Waals surface area contributed by atoms with Crippen molar-refractivity contribution >= 4 is 15.7 Å². The van der Waals surface area contributed by atoms with Crippen molar-refractivity contribution in [2.75, 3.05) is 12.8 Å². The summed E-state index contributed by atoms with van der Waals surface area (Å²) in [6.07, 6.45) is 4.14. The monoisotopic (exact) mass is 312 g/mol. The van der Waals surface area contributed by atoms with Gasteiger partial charge in [-0.2, -0.15) is 0 Å². The minimum atomic E-state index is -3.06. The number of benzene rings is 1. The fraction of sp³-hybridized carbons (Fsp3) is 0.533. The zero-order valence-corrected chi connectivity index (χ0v) is 13.4. The van der Waals surface area contributed by atoms with Crippen molar-refractivity contribution in [2.24, 2.45) is 5.73 Å². The first kappa shape index (κ1) is 17.7. The van der Waals surface area contributed by atoms with E-state index in [1.807, 2.05) is 0 Å². The number of sulfone groups is 1. The second-order valence-electron chi connectivity index (χ2n) is 5.32. The van der Waals surface area contributed by atoms with Crippen LogP contribution >= 0.6 is 0 Å². The standard InChI is InChI=1S/C15H24N2O3S/c1-3-4-5-14(10-16)17-15(18)13-8-6-12(7-9-13)11-21(2,19)20/h6-9,14H,3-5,10-11,16H2,1-2H3,(H,17,18). The van der Waals surface area contributed by atoms with Crippen LogP contribution in [0, 0.1) is 0 Å². The predicted octanol–water partition coefficient (Wildman–Crippen LogP) is 1.48. The molecule has 21 heavy (non-hydrogen) atoms. The van der Waals surface area contributed by atoms with Gasteiger partial charge in [-0.25, -0.2) is 8.42 Å². The van der Waals surface area contributed by atoms with E-state index in [0.717, 1.165) is 19.3 Å².